The zero-order valence-corrected chi connectivity index (χ0v) is 22.4. The molecule has 37 heavy (non-hydrogen) atoms. The highest BCUT2D eigenvalue weighted by atomic mass is 35.5. The van der Waals surface area contributed by atoms with E-state index in [9.17, 15) is 18.0 Å². The molecule has 8 nitrogen and oxygen atoms in total. The Kier molecular flexibility index (Phi) is 8.33. The van der Waals surface area contributed by atoms with Crippen molar-refractivity contribution >= 4 is 62.3 Å². The fraction of sp³-hybridized carbons (Fsp3) is 0.120. The molecular weight excluding hydrogens is 561 g/mol. The van der Waals surface area contributed by atoms with Crippen LogP contribution in [0.25, 0.3) is 6.08 Å². The van der Waals surface area contributed by atoms with Gasteiger partial charge in [-0.1, -0.05) is 41.4 Å². The van der Waals surface area contributed by atoms with Gasteiger partial charge in [0.2, 0.25) is 0 Å². The second-order valence-electron chi connectivity index (χ2n) is 7.51. The molecule has 192 valence electrons. The van der Waals surface area contributed by atoms with Crippen LogP contribution in [0.1, 0.15) is 5.56 Å². The largest absolute Gasteiger partial charge is 0.493 e. The number of halogens is 2. The zero-order valence-electron chi connectivity index (χ0n) is 19.2. The Morgan fingerprint density at radius 2 is 1.68 bits per heavy atom. The van der Waals surface area contributed by atoms with E-state index < -0.39 is 21.3 Å². The Balaban J connectivity index is 1.50. The lowest BCUT2D eigenvalue weighted by Crippen LogP contribution is -2.32. The summed E-state index contributed by atoms with van der Waals surface area (Å²) < 4.78 is 41.6. The van der Waals surface area contributed by atoms with Crippen LogP contribution in [-0.2, 0) is 14.9 Å². The summed E-state index contributed by atoms with van der Waals surface area (Å²) in [5.74, 6) is 0.0360. The molecule has 0 saturated carbocycles. The number of carbonyl (C=O) groups excluding carboxylic acids is 2. The number of carbonyl (C=O) groups is 2. The minimum atomic E-state index is -4.19. The number of imide groups is 1. The Labute approximate surface area is 227 Å². The van der Waals surface area contributed by atoms with Gasteiger partial charge in [0.05, 0.1) is 23.6 Å². The van der Waals surface area contributed by atoms with E-state index in [0.717, 1.165) is 16.7 Å². The normalized spacial score (nSPS) is 14.8. The molecular formula is C25H19Cl2NO7S2. The predicted octanol–water partition coefficient (Wildman–Crippen LogP) is 5.89. The van der Waals surface area contributed by atoms with Crippen molar-refractivity contribution in [1.29, 1.82) is 0 Å². The van der Waals surface area contributed by atoms with Crippen molar-refractivity contribution in [2.75, 3.05) is 20.3 Å². The SMILES string of the molecule is COc1ccc(/C=C2\SC(=O)N(CCOc3ccccc3Cl)C2=O)cc1OS(=O)(=O)c1ccc(Cl)cc1. The summed E-state index contributed by atoms with van der Waals surface area (Å²) in [5, 5.41) is 0.351. The van der Waals surface area contributed by atoms with Crippen molar-refractivity contribution in [3.63, 3.8) is 0 Å². The van der Waals surface area contributed by atoms with Gasteiger partial charge in [-0.15, -0.1) is 0 Å². The van der Waals surface area contributed by atoms with Crippen molar-refractivity contribution in [2.45, 2.75) is 4.90 Å². The van der Waals surface area contributed by atoms with Gasteiger partial charge in [-0.2, -0.15) is 8.42 Å². The average molecular weight is 580 g/mol. The van der Waals surface area contributed by atoms with E-state index in [4.69, 9.17) is 36.9 Å². The van der Waals surface area contributed by atoms with Crippen LogP contribution in [-0.4, -0.2) is 44.7 Å². The van der Waals surface area contributed by atoms with Crippen molar-refractivity contribution in [3.8, 4) is 17.2 Å². The highest BCUT2D eigenvalue weighted by Gasteiger charge is 2.35. The third kappa shape index (κ3) is 6.40. The fourth-order valence-electron chi connectivity index (χ4n) is 3.27. The minimum absolute atomic E-state index is 0.0313. The van der Waals surface area contributed by atoms with Crippen LogP contribution >= 0.6 is 35.0 Å². The summed E-state index contributed by atoms with van der Waals surface area (Å²) in [7, 11) is -2.82. The van der Waals surface area contributed by atoms with Crippen molar-refractivity contribution in [1.82, 2.24) is 4.90 Å². The lowest BCUT2D eigenvalue weighted by molar-refractivity contribution is -0.123. The van der Waals surface area contributed by atoms with Gasteiger partial charge in [-0.3, -0.25) is 14.5 Å². The Morgan fingerprint density at radius 1 is 0.946 bits per heavy atom. The van der Waals surface area contributed by atoms with Gasteiger partial charge in [0.25, 0.3) is 11.1 Å². The Bertz CT molecular complexity index is 1470. The summed E-state index contributed by atoms with van der Waals surface area (Å²) in [4.78, 5) is 26.4. The van der Waals surface area contributed by atoms with Gasteiger partial charge >= 0.3 is 10.1 Å². The first-order valence-corrected chi connectivity index (χ1v) is 13.7. The number of rotatable bonds is 9. The van der Waals surface area contributed by atoms with Crippen LogP contribution in [0, 0.1) is 0 Å². The van der Waals surface area contributed by atoms with E-state index in [1.807, 2.05) is 0 Å². The number of hydrogen-bond acceptors (Lipinski definition) is 8. The molecule has 4 rings (SSSR count). The third-order valence-corrected chi connectivity index (χ3v) is 7.79. The van der Waals surface area contributed by atoms with Crippen molar-refractivity contribution in [3.05, 3.63) is 87.2 Å². The van der Waals surface area contributed by atoms with Crippen molar-refractivity contribution < 1.29 is 31.7 Å². The van der Waals surface area contributed by atoms with E-state index >= 15 is 0 Å². The average Bonchev–Trinajstić information content (AvgIpc) is 3.12. The lowest BCUT2D eigenvalue weighted by atomic mass is 10.2. The van der Waals surface area contributed by atoms with Crippen molar-refractivity contribution in [2.24, 2.45) is 0 Å². The molecule has 0 unspecified atom stereocenters. The number of ether oxygens (including phenoxy) is 2. The molecule has 0 aliphatic carbocycles. The van der Waals surface area contributed by atoms with Gasteiger partial charge in [-0.25, -0.2) is 0 Å². The summed E-state index contributed by atoms with van der Waals surface area (Å²) >= 11 is 12.7. The van der Waals surface area contributed by atoms with Gasteiger partial charge in [0.1, 0.15) is 17.3 Å². The number of hydrogen-bond donors (Lipinski definition) is 0. The molecule has 0 N–H and O–H groups in total. The molecule has 1 aliphatic heterocycles. The Morgan fingerprint density at radius 3 is 2.38 bits per heavy atom. The van der Waals surface area contributed by atoms with Gasteiger partial charge in [0, 0.05) is 5.02 Å². The van der Waals surface area contributed by atoms with Crippen LogP contribution < -0.4 is 13.7 Å². The maximum absolute atomic E-state index is 12.9. The molecule has 0 atom stereocenters. The molecule has 12 heteroatoms. The summed E-state index contributed by atoms with van der Waals surface area (Å²) in [6, 6.07) is 16.9. The van der Waals surface area contributed by atoms with Gasteiger partial charge in [0.15, 0.2) is 11.5 Å². The van der Waals surface area contributed by atoms with E-state index in [2.05, 4.69) is 0 Å². The van der Waals surface area contributed by atoms with Crippen LogP contribution in [0.4, 0.5) is 4.79 Å². The van der Waals surface area contributed by atoms with Crippen LogP contribution in [0.5, 0.6) is 17.2 Å². The Hall–Kier alpha value is -3.18. The van der Waals surface area contributed by atoms with Gasteiger partial charge < -0.3 is 13.7 Å². The molecule has 0 radical (unpaired) electrons. The van der Waals surface area contributed by atoms with Crippen LogP contribution in [0.3, 0.4) is 0 Å². The summed E-state index contributed by atoms with van der Waals surface area (Å²) in [6.45, 7) is 0.0989. The standard InChI is InChI=1S/C25H19Cl2NO7S2/c1-33-21-11-6-16(14-22(21)35-37(31,32)18-9-7-17(26)8-10-18)15-23-24(29)28(25(30)36-23)12-13-34-20-5-3-2-4-19(20)27/h2-11,14-15H,12-13H2,1H3/b23-15-. The van der Waals surface area contributed by atoms with Crippen LogP contribution in [0.2, 0.25) is 10.0 Å². The molecule has 3 aromatic carbocycles. The molecule has 1 fully saturated rings. The molecule has 0 aromatic heterocycles. The number of methoxy groups -OCH3 is 1. The lowest BCUT2D eigenvalue weighted by Gasteiger charge is -2.14. The molecule has 1 saturated heterocycles. The van der Waals surface area contributed by atoms with E-state index in [-0.39, 0.29) is 34.5 Å². The molecule has 3 aromatic rings. The number of amides is 2. The van der Waals surface area contributed by atoms with Crippen LogP contribution in [0.15, 0.2) is 76.5 Å². The monoisotopic (exact) mass is 579 g/mol. The number of para-hydroxylation sites is 1. The fourth-order valence-corrected chi connectivity index (χ4v) is 5.38. The maximum atomic E-state index is 12.9. The molecule has 0 bridgehead atoms. The quantitative estimate of drug-likeness (QED) is 0.229. The minimum Gasteiger partial charge on any atom is -0.493 e. The highest BCUT2D eigenvalue weighted by Crippen LogP contribution is 2.35. The number of benzene rings is 3. The topological polar surface area (TPSA) is 99.2 Å². The second-order valence-corrected chi connectivity index (χ2v) is 10.9. The molecule has 1 heterocycles. The van der Waals surface area contributed by atoms with E-state index in [1.54, 1.807) is 30.3 Å². The number of nitrogens with zero attached hydrogens (tertiary/aromatic N) is 1. The van der Waals surface area contributed by atoms with E-state index in [0.29, 0.717) is 21.4 Å². The first kappa shape index (κ1) is 26.9. The van der Waals surface area contributed by atoms with E-state index in [1.165, 1.54) is 49.6 Å². The summed E-state index contributed by atoms with van der Waals surface area (Å²) in [6.07, 6.45) is 1.47. The maximum Gasteiger partial charge on any atom is 0.339 e. The molecule has 0 spiro atoms. The van der Waals surface area contributed by atoms with Gasteiger partial charge in [-0.05, 0) is 71.9 Å². The smallest absolute Gasteiger partial charge is 0.339 e. The molecule has 2 amide bonds. The predicted molar refractivity (Wildman–Crippen MR) is 142 cm³/mol. The molecule has 1 aliphatic rings. The zero-order chi connectivity index (χ0) is 26.6. The highest BCUT2D eigenvalue weighted by molar-refractivity contribution is 8.18. The number of thioether (sulfide) groups is 1. The first-order valence-electron chi connectivity index (χ1n) is 10.7. The second kappa shape index (κ2) is 11.5. The first-order chi connectivity index (χ1) is 17.7. The summed E-state index contributed by atoms with van der Waals surface area (Å²) in [5.41, 5.74) is 0.430. The third-order valence-electron chi connectivity index (χ3n) is 5.07.